The van der Waals surface area contributed by atoms with Crippen molar-refractivity contribution in [2.45, 2.75) is 0 Å². The number of rotatable bonds is 3. The molecule has 4 nitrogen and oxygen atoms in total. The number of benzene rings is 1. The number of nitrogens with zero attached hydrogens (tertiary/aromatic N) is 1. The number of morpholine rings is 1. The third-order valence-corrected chi connectivity index (χ3v) is 2.78. The van der Waals surface area contributed by atoms with E-state index in [1.165, 1.54) is 0 Å². The van der Waals surface area contributed by atoms with E-state index >= 15 is 0 Å². The van der Waals surface area contributed by atoms with Crippen LogP contribution in [0.2, 0.25) is 0 Å². The Morgan fingerprint density at radius 2 is 2.00 bits per heavy atom. The van der Waals surface area contributed by atoms with Crippen molar-refractivity contribution in [3.63, 3.8) is 0 Å². The number of ether oxygens (including phenoxy) is 1. The number of nitrogens with one attached hydrogen (secondary N) is 1. The first-order valence-corrected chi connectivity index (χ1v) is 6.18. The first-order valence-electron chi connectivity index (χ1n) is 6.18. The Balaban J connectivity index is 1.71. The largest absolute Gasteiger partial charge is 0.378 e. The molecule has 0 bridgehead atoms. The highest BCUT2D eigenvalue weighted by Gasteiger charge is 2.15. The number of hydrogen-bond acceptors (Lipinski definition) is 2. The third kappa shape index (κ3) is 3.89. The van der Waals surface area contributed by atoms with Gasteiger partial charge < -0.3 is 15.0 Å². The van der Waals surface area contributed by atoms with Gasteiger partial charge in [-0.1, -0.05) is 42.5 Å². The Hall–Kier alpha value is -1.81. The SMILES string of the molecule is O=C(NC/C=C/c1ccccc1)N1CCOCC1. The summed E-state index contributed by atoms with van der Waals surface area (Å²) in [7, 11) is 0. The van der Waals surface area contributed by atoms with Gasteiger partial charge in [-0.15, -0.1) is 0 Å². The van der Waals surface area contributed by atoms with Gasteiger partial charge in [0.05, 0.1) is 13.2 Å². The molecule has 0 aliphatic carbocycles. The zero-order valence-electron chi connectivity index (χ0n) is 10.3. The lowest BCUT2D eigenvalue weighted by Gasteiger charge is -2.26. The van der Waals surface area contributed by atoms with Crippen LogP contribution >= 0.6 is 0 Å². The highest BCUT2D eigenvalue weighted by molar-refractivity contribution is 5.74. The molecule has 1 heterocycles. The molecule has 0 aromatic heterocycles. The van der Waals surface area contributed by atoms with Crippen LogP contribution in [0.3, 0.4) is 0 Å². The summed E-state index contributed by atoms with van der Waals surface area (Å²) < 4.78 is 5.20. The van der Waals surface area contributed by atoms with Crippen LogP contribution < -0.4 is 5.32 Å². The van der Waals surface area contributed by atoms with Crippen molar-refractivity contribution in [2.24, 2.45) is 0 Å². The lowest BCUT2D eigenvalue weighted by Crippen LogP contribution is -2.46. The highest BCUT2D eigenvalue weighted by Crippen LogP contribution is 2.00. The second-order valence-corrected chi connectivity index (χ2v) is 4.10. The van der Waals surface area contributed by atoms with Crippen LogP contribution in [0.5, 0.6) is 0 Å². The van der Waals surface area contributed by atoms with E-state index in [2.05, 4.69) is 5.32 Å². The summed E-state index contributed by atoms with van der Waals surface area (Å²) in [6.45, 7) is 3.16. The molecule has 0 radical (unpaired) electrons. The quantitative estimate of drug-likeness (QED) is 0.882. The molecule has 1 fully saturated rings. The first kappa shape index (κ1) is 12.6. The Morgan fingerprint density at radius 1 is 1.28 bits per heavy atom. The monoisotopic (exact) mass is 246 g/mol. The van der Waals surface area contributed by atoms with E-state index in [0.29, 0.717) is 32.8 Å². The molecule has 1 saturated heterocycles. The van der Waals surface area contributed by atoms with Crippen LogP contribution in [0, 0.1) is 0 Å². The van der Waals surface area contributed by atoms with Gasteiger partial charge in [-0.3, -0.25) is 0 Å². The van der Waals surface area contributed by atoms with Gasteiger partial charge in [0.1, 0.15) is 0 Å². The van der Waals surface area contributed by atoms with Crippen LogP contribution in [0.4, 0.5) is 4.79 Å². The standard InChI is InChI=1S/C14H18N2O2/c17-14(16-9-11-18-12-10-16)15-8-4-7-13-5-2-1-3-6-13/h1-7H,8-12H2,(H,15,17)/b7-4+. The Labute approximate surface area is 107 Å². The number of urea groups is 1. The molecule has 1 aromatic carbocycles. The van der Waals surface area contributed by atoms with Gasteiger partial charge in [0, 0.05) is 19.6 Å². The first-order chi connectivity index (χ1) is 8.86. The van der Waals surface area contributed by atoms with Crippen molar-refractivity contribution in [1.82, 2.24) is 10.2 Å². The van der Waals surface area contributed by atoms with Crippen LogP contribution in [0.15, 0.2) is 36.4 Å². The number of amides is 2. The van der Waals surface area contributed by atoms with E-state index in [9.17, 15) is 4.79 Å². The fourth-order valence-electron chi connectivity index (χ4n) is 1.78. The maximum atomic E-state index is 11.7. The molecule has 0 unspecified atom stereocenters. The van der Waals surface area contributed by atoms with Crippen LogP contribution in [0.25, 0.3) is 6.08 Å². The molecular weight excluding hydrogens is 228 g/mol. The fourth-order valence-corrected chi connectivity index (χ4v) is 1.78. The van der Waals surface area contributed by atoms with Crippen molar-refractivity contribution < 1.29 is 9.53 Å². The Morgan fingerprint density at radius 3 is 2.72 bits per heavy atom. The average molecular weight is 246 g/mol. The van der Waals surface area contributed by atoms with E-state index in [1.807, 2.05) is 42.5 Å². The topological polar surface area (TPSA) is 41.6 Å². The van der Waals surface area contributed by atoms with Gasteiger partial charge in [0.2, 0.25) is 0 Å². The number of carbonyl (C=O) groups excluding carboxylic acids is 1. The summed E-state index contributed by atoms with van der Waals surface area (Å²) in [5.41, 5.74) is 1.14. The van der Waals surface area contributed by atoms with E-state index < -0.39 is 0 Å². The summed E-state index contributed by atoms with van der Waals surface area (Å²) in [6, 6.07) is 10.0. The molecule has 96 valence electrons. The Kier molecular flexibility index (Phi) is 4.78. The molecule has 1 aliphatic rings. The molecule has 1 aliphatic heterocycles. The van der Waals surface area contributed by atoms with Gasteiger partial charge in [0.15, 0.2) is 0 Å². The summed E-state index contributed by atoms with van der Waals surface area (Å²) in [4.78, 5) is 13.5. The molecule has 0 spiro atoms. The maximum absolute atomic E-state index is 11.7. The molecule has 1 aromatic rings. The molecule has 4 heteroatoms. The van der Waals surface area contributed by atoms with Gasteiger partial charge in [-0.25, -0.2) is 4.79 Å². The minimum Gasteiger partial charge on any atom is -0.378 e. The minimum absolute atomic E-state index is 0.0176. The van der Waals surface area contributed by atoms with Crippen LogP contribution in [0.1, 0.15) is 5.56 Å². The Bertz CT molecular complexity index is 398. The average Bonchev–Trinajstić information content (AvgIpc) is 2.45. The van der Waals surface area contributed by atoms with Gasteiger partial charge in [-0.2, -0.15) is 0 Å². The normalized spacial score (nSPS) is 15.9. The molecular formula is C14H18N2O2. The fraction of sp³-hybridized carbons (Fsp3) is 0.357. The van der Waals surface area contributed by atoms with Crippen molar-refractivity contribution >= 4 is 12.1 Å². The smallest absolute Gasteiger partial charge is 0.317 e. The van der Waals surface area contributed by atoms with E-state index in [1.54, 1.807) is 4.90 Å². The van der Waals surface area contributed by atoms with Crippen molar-refractivity contribution in [2.75, 3.05) is 32.8 Å². The predicted octanol–water partition coefficient (Wildman–Crippen LogP) is 1.74. The van der Waals surface area contributed by atoms with Crippen molar-refractivity contribution in [1.29, 1.82) is 0 Å². The van der Waals surface area contributed by atoms with Crippen LogP contribution in [-0.2, 0) is 4.74 Å². The molecule has 18 heavy (non-hydrogen) atoms. The van der Waals surface area contributed by atoms with E-state index in [-0.39, 0.29) is 6.03 Å². The zero-order chi connectivity index (χ0) is 12.6. The summed E-state index contributed by atoms with van der Waals surface area (Å²) >= 11 is 0. The van der Waals surface area contributed by atoms with Crippen molar-refractivity contribution in [3.05, 3.63) is 42.0 Å². The lowest BCUT2D eigenvalue weighted by atomic mass is 10.2. The summed E-state index contributed by atoms with van der Waals surface area (Å²) in [5.74, 6) is 0. The molecule has 0 saturated carbocycles. The maximum Gasteiger partial charge on any atom is 0.317 e. The molecule has 2 rings (SSSR count). The van der Waals surface area contributed by atoms with Gasteiger partial charge >= 0.3 is 6.03 Å². The van der Waals surface area contributed by atoms with Gasteiger partial charge in [0.25, 0.3) is 0 Å². The van der Waals surface area contributed by atoms with Crippen molar-refractivity contribution in [3.8, 4) is 0 Å². The third-order valence-electron chi connectivity index (χ3n) is 2.78. The second kappa shape index (κ2) is 6.81. The molecule has 0 atom stereocenters. The zero-order valence-corrected chi connectivity index (χ0v) is 10.3. The number of carbonyl (C=O) groups is 1. The van der Waals surface area contributed by atoms with Crippen LogP contribution in [-0.4, -0.2) is 43.8 Å². The predicted molar refractivity (Wildman–Crippen MR) is 71.3 cm³/mol. The summed E-state index contributed by atoms with van der Waals surface area (Å²) in [5, 5.41) is 2.87. The minimum atomic E-state index is -0.0176. The molecule has 1 N–H and O–H groups in total. The second-order valence-electron chi connectivity index (χ2n) is 4.10. The molecule has 2 amide bonds. The lowest BCUT2D eigenvalue weighted by molar-refractivity contribution is 0.0534. The number of hydrogen-bond donors (Lipinski definition) is 1. The highest BCUT2D eigenvalue weighted by atomic mass is 16.5. The van der Waals surface area contributed by atoms with E-state index in [4.69, 9.17) is 4.74 Å². The summed E-state index contributed by atoms with van der Waals surface area (Å²) in [6.07, 6.45) is 3.95. The van der Waals surface area contributed by atoms with E-state index in [0.717, 1.165) is 5.56 Å². The van der Waals surface area contributed by atoms with Gasteiger partial charge in [-0.05, 0) is 5.56 Å².